The number of hydrogen-bond donors (Lipinski definition) is 1. The van der Waals surface area contributed by atoms with E-state index in [-0.39, 0.29) is 10.6 Å². The van der Waals surface area contributed by atoms with Gasteiger partial charge in [-0.3, -0.25) is 9.69 Å². The quantitative estimate of drug-likeness (QED) is 0.875. The molecule has 4 nitrogen and oxygen atoms in total. The number of benzene rings is 1. The van der Waals surface area contributed by atoms with Crippen LogP contribution >= 0.6 is 11.6 Å². The molecule has 1 N–H and O–H groups in total. The van der Waals surface area contributed by atoms with Gasteiger partial charge < -0.3 is 4.98 Å². The minimum atomic E-state index is -0.404. The van der Waals surface area contributed by atoms with E-state index in [1.54, 1.807) is 6.07 Å². The SMILES string of the molecule is O=c1[nH]c(C2CCCCC2)nc2c1CN(Cc1ccc(Cl)c(F)c1)CC2. The van der Waals surface area contributed by atoms with Gasteiger partial charge in [0, 0.05) is 32.0 Å². The normalized spacial score (nSPS) is 18.7. The van der Waals surface area contributed by atoms with Gasteiger partial charge in [-0.15, -0.1) is 0 Å². The predicted molar refractivity (Wildman–Crippen MR) is 99.9 cm³/mol. The minimum absolute atomic E-state index is 0.0115. The Kier molecular flexibility index (Phi) is 5.09. The van der Waals surface area contributed by atoms with Crippen LogP contribution in [0.4, 0.5) is 4.39 Å². The standard InChI is InChI=1S/C20H23ClFN3O/c21-16-7-6-13(10-17(16)22)11-25-9-8-18-15(12-25)20(26)24-19(23-18)14-4-2-1-3-5-14/h6-7,10,14H,1-5,8-9,11-12H2,(H,23,24,26). The molecule has 0 saturated heterocycles. The first kappa shape index (κ1) is 17.7. The number of aromatic nitrogens is 2. The van der Waals surface area contributed by atoms with Crippen molar-refractivity contribution >= 4 is 11.6 Å². The highest BCUT2D eigenvalue weighted by Crippen LogP contribution is 2.31. The molecule has 0 atom stereocenters. The smallest absolute Gasteiger partial charge is 0.255 e. The highest BCUT2D eigenvalue weighted by Gasteiger charge is 2.24. The molecule has 0 amide bonds. The lowest BCUT2D eigenvalue weighted by Gasteiger charge is -2.29. The molecule has 2 heterocycles. The molecule has 1 aromatic carbocycles. The third-order valence-corrected chi connectivity index (χ3v) is 5.85. The van der Waals surface area contributed by atoms with Crippen LogP contribution in [0.3, 0.4) is 0 Å². The van der Waals surface area contributed by atoms with E-state index in [1.165, 1.54) is 25.3 Å². The molecule has 2 aliphatic rings. The van der Waals surface area contributed by atoms with Crippen molar-refractivity contribution in [3.8, 4) is 0 Å². The fraction of sp³-hybridized carbons (Fsp3) is 0.500. The number of rotatable bonds is 3. The molecule has 2 aromatic rings. The second-order valence-electron chi connectivity index (χ2n) is 7.42. The molecule has 6 heteroatoms. The molecular weight excluding hydrogens is 353 g/mol. The average molecular weight is 376 g/mol. The maximum atomic E-state index is 13.6. The van der Waals surface area contributed by atoms with E-state index >= 15 is 0 Å². The summed E-state index contributed by atoms with van der Waals surface area (Å²) in [6.07, 6.45) is 6.72. The molecule has 0 radical (unpaired) electrons. The van der Waals surface area contributed by atoms with Crippen LogP contribution in [0.5, 0.6) is 0 Å². The molecule has 1 fully saturated rings. The Labute approximate surface area is 157 Å². The number of aromatic amines is 1. The van der Waals surface area contributed by atoms with Gasteiger partial charge in [0.2, 0.25) is 0 Å². The van der Waals surface area contributed by atoms with E-state index in [0.29, 0.717) is 19.0 Å². The molecular formula is C20H23ClFN3O. The van der Waals surface area contributed by atoms with Gasteiger partial charge in [0.25, 0.3) is 5.56 Å². The van der Waals surface area contributed by atoms with E-state index in [2.05, 4.69) is 9.88 Å². The summed E-state index contributed by atoms with van der Waals surface area (Å²) in [7, 11) is 0. The zero-order valence-electron chi connectivity index (χ0n) is 14.7. The summed E-state index contributed by atoms with van der Waals surface area (Å²) < 4.78 is 13.6. The van der Waals surface area contributed by atoms with Crippen LogP contribution in [-0.4, -0.2) is 21.4 Å². The number of nitrogens with one attached hydrogen (secondary N) is 1. The summed E-state index contributed by atoms with van der Waals surface area (Å²) in [6, 6.07) is 4.87. The topological polar surface area (TPSA) is 49.0 Å². The second kappa shape index (κ2) is 7.49. The van der Waals surface area contributed by atoms with Crippen LogP contribution in [0, 0.1) is 5.82 Å². The monoisotopic (exact) mass is 375 g/mol. The molecule has 0 spiro atoms. The van der Waals surface area contributed by atoms with Gasteiger partial charge in [0.05, 0.1) is 16.3 Å². The Balaban J connectivity index is 1.51. The third-order valence-electron chi connectivity index (χ3n) is 5.55. The fourth-order valence-corrected chi connectivity index (χ4v) is 4.22. The molecule has 0 unspecified atom stereocenters. The van der Waals surface area contributed by atoms with Crippen molar-refractivity contribution in [3.05, 3.63) is 62.0 Å². The summed E-state index contributed by atoms with van der Waals surface area (Å²) in [6.45, 7) is 1.96. The van der Waals surface area contributed by atoms with E-state index in [4.69, 9.17) is 16.6 Å². The molecule has 138 valence electrons. The highest BCUT2D eigenvalue weighted by molar-refractivity contribution is 6.30. The van der Waals surface area contributed by atoms with E-state index < -0.39 is 5.82 Å². The van der Waals surface area contributed by atoms with Crippen molar-refractivity contribution < 1.29 is 4.39 Å². The first-order chi connectivity index (χ1) is 12.6. The van der Waals surface area contributed by atoms with Gasteiger partial charge in [-0.1, -0.05) is 36.9 Å². The van der Waals surface area contributed by atoms with E-state index in [1.807, 2.05) is 6.07 Å². The largest absolute Gasteiger partial charge is 0.310 e. The predicted octanol–water partition coefficient (Wildman–Crippen LogP) is 4.17. The Morgan fingerprint density at radius 2 is 2.08 bits per heavy atom. The summed E-state index contributed by atoms with van der Waals surface area (Å²) in [5, 5.41) is 0.133. The van der Waals surface area contributed by atoms with Crippen molar-refractivity contribution in [2.45, 2.75) is 57.5 Å². The van der Waals surface area contributed by atoms with Crippen molar-refractivity contribution in [1.29, 1.82) is 0 Å². The van der Waals surface area contributed by atoms with Crippen LogP contribution in [0.2, 0.25) is 5.02 Å². The number of nitrogens with zero attached hydrogens (tertiary/aromatic N) is 2. The first-order valence-electron chi connectivity index (χ1n) is 9.38. The lowest BCUT2D eigenvalue weighted by atomic mass is 9.88. The molecule has 0 bridgehead atoms. The van der Waals surface area contributed by atoms with Gasteiger partial charge in [-0.25, -0.2) is 9.37 Å². The Bertz CT molecular complexity index is 861. The summed E-state index contributed by atoms with van der Waals surface area (Å²) >= 11 is 5.75. The summed E-state index contributed by atoms with van der Waals surface area (Å²) in [4.78, 5) is 22.6. The number of halogens is 2. The van der Waals surface area contributed by atoms with Crippen LogP contribution in [0.25, 0.3) is 0 Å². The van der Waals surface area contributed by atoms with Crippen molar-refractivity contribution in [3.63, 3.8) is 0 Å². The third kappa shape index (κ3) is 3.69. The maximum absolute atomic E-state index is 13.6. The van der Waals surface area contributed by atoms with Gasteiger partial charge in [-0.2, -0.15) is 0 Å². The zero-order valence-corrected chi connectivity index (χ0v) is 15.5. The Morgan fingerprint density at radius 1 is 1.27 bits per heavy atom. The van der Waals surface area contributed by atoms with Crippen molar-refractivity contribution in [1.82, 2.24) is 14.9 Å². The van der Waals surface area contributed by atoms with Gasteiger partial charge in [0.1, 0.15) is 11.6 Å². The van der Waals surface area contributed by atoms with Crippen molar-refractivity contribution in [2.75, 3.05) is 6.54 Å². The van der Waals surface area contributed by atoms with Gasteiger partial charge in [0.15, 0.2) is 0 Å². The fourth-order valence-electron chi connectivity index (χ4n) is 4.10. The lowest BCUT2D eigenvalue weighted by molar-refractivity contribution is 0.240. The summed E-state index contributed by atoms with van der Waals surface area (Å²) in [5.41, 5.74) is 2.54. The molecule has 1 aliphatic heterocycles. The Hall–Kier alpha value is -1.72. The van der Waals surface area contributed by atoms with Gasteiger partial charge >= 0.3 is 0 Å². The van der Waals surface area contributed by atoms with Crippen LogP contribution < -0.4 is 5.56 Å². The van der Waals surface area contributed by atoms with Gasteiger partial charge in [-0.05, 0) is 30.5 Å². The van der Waals surface area contributed by atoms with Crippen LogP contribution in [0.15, 0.2) is 23.0 Å². The first-order valence-corrected chi connectivity index (χ1v) is 9.76. The molecule has 4 rings (SSSR count). The van der Waals surface area contributed by atoms with E-state index in [9.17, 15) is 9.18 Å². The Morgan fingerprint density at radius 3 is 2.85 bits per heavy atom. The lowest BCUT2D eigenvalue weighted by Crippen LogP contribution is -2.36. The molecule has 1 aromatic heterocycles. The van der Waals surface area contributed by atoms with Crippen LogP contribution in [-0.2, 0) is 19.5 Å². The highest BCUT2D eigenvalue weighted by atomic mass is 35.5. The molecule has 26 heavy (non-hydrogen) atoms. The number of hydrogen-bond acceptors (Lipinski definition) is 3. The average Bonchev–Trinajstić information content (AvgIpc) is 2.66. The molecule has 1 saturated carbocycles. The van der Waals surface area contributed by atoms with Crippen molar-refractivity contribution in [2.24, 2.45) is 0 Å². The number of fused-ring (bicyclic) bond motifs is 1. The van der Waals surface area contributed by atoms with E-state index in [0.717, 1.165) is 48.5 Å². The van der Waals surface area contributed by atoms with Crippen LogP contribution in [0.1, 0.15) is 60.7 Å². The second-order valence-corrected chi connectivity index (χ2v) is 7.83. The molecule has 1 aliphatic carbocycles. The number of H-pyrrole nitrogens is 1. The minimum Gasteiger partial charge on any atom is -0.310 e. The zero-order chi connectivity index (χ0) is 18.1. The maximum Gasteiger partial charge on any atom is 0.255 e. The summed E-state index contributed by atoms with van der Waals surface area (Å²) in [5.74, 6) is 0.872.